The fourth-order valence-corrected chi connectivity index (χ4v) is 3.20. The van der Waals surface area contributed by atoms with Crippen LogP contribution in [0.1, 0.15) is 17.7 Å². The number of amides is 2. The molecule has 1 saturated heterocycles. The molecule has 1 fully saturated rings. The molecule has 20 heavy (non-hydrogen) atoms. The number of carbonyl (C=O) groups is 2. The highest BCUT2D eigenvalue weighted by atomic mass is 32.2. The standard InChI is InChI=1S/C12H18N4O3S/c1-8-9(5-14-15-8)3-2-4-13-12(19)16-7-20-6-10(16)11(17)18/h5,10H,2-4,6-7H2,1H3,(H,13,19)(H,14,15)(H,17,18)/t10-/m0/s1. The zero-order chi connectivity index (χ0) is 14.5. The number of nitrogens with zero attached hydrogens (tertiary/aromatic N) is 2. The number of rotatable bonds is 5. The summed E-state index contributed by atoms with van der Waals surface area (Å²) in [4.78, 5) is 24.3. The van der Waals surface area contributed by atoms with Crippen molar-refractivity contribution in [3.05, 3.63) is 17.5 Å². The fraction of sp³-hybridized carbons (Fsp3) is 0.583. The van der Waals surface area contributed by atoms with Crippen molar-refractivity contribution >= 4 is 23.8 Å². The summed E-state index contributed by atoms with van der Waals surface area (Å²) in [5.41, 5.74) is 2.18. The molecule has 0 aliphatic carbocycles. The number of carboxylic acids is 1. The van der Waals surface area contributed by atoms with Crippen LogP contribution in [0, 0.1) is 6.92 Å². The second-order valence-electron chi connectivity index (χ2n) is 4.68. The largest absolute Gasteiger partial charge is 0.480 e. The van der Waals surface area contributed by atoms with E-state index in [1.54, 1.807) is 6.20 Å². The minimum atomic E-state index is -0.945. The van der Waals surface area contributed by atoms with E-state index in [2.05, 4.69) is 15.5 Å². The Kier molecular flexibility index (Phi) is 4.89. The molecule has 8 heteroatoms. The number of carbonyl (C=O) groups excluding carboxylic acids is 1. The third-order valence-corrected chi connectivity index (χ3v) is 4.27. The van der Waals surface area contributed by atoms with Gasteiger partial charge in [-0.3, -0.25) is 5.10 Å². The molecule has 0 spiro atoms. The lowest BCUT2D eigenvalue weighted by Gasteiger charge is -2.20. The van der Waals surface area contributed by atoms with Gasteiger partial charge in [0.25, 0.3) is 0 Å². The van der Waals surface area contributed by atoms with Gasteiger partial charge in [0.2, 0.25) is 0 Å². The number of aliphatic carboxylic acids is 1. The Hall–Kier alpha value is -1.70. The van der Waals surface area contributed by atoms with Gasteiger partial charge >= 0.3 is 12.0 Å². The van der Waals surface area contributed by atoms with Crippen molar-refractivity contribution in [1.82, 2.24) is 20.4 Å². The number of thioether (sulfide) groups is 1. The number of urea groups is 1. The van der Waals surface area contributed by atoms with Gasteiger partial charge in [-0.05, 0) is 25.3 Å². The fourth-order valence-electron chi connectivity index (χ4n) is 2.05. The van der Waals surface area contributed by atoms with Crippen LogP contribution in [0.2, 0.25) is 0 Å². The molecule has 2 heterocycles. The predicted molar refractivity (Wildman–Crippen MR) is 75.6 cm³/mol. The molecule has 2 rings (SSSR count). The minimum absolute atomic E-state index is 0.300. The van der Waals surface area contributed by atoms with Crippen molar-refractivity contribution in [2.75, 3.05) is 18.2 Å². The van der Waals surface area contributed by atoms with E-state index in [9.17, 15) is 9.59 Å². The number of aryl methyl sites for hydroxylation is 2. The Balaban J connectivity index is 1.72. The zero-order valence-corrected chi connectivity index (χ0v) is 12.1. The van der Waals surface area contributed by atoms with Gasteiger partial charge in [-0.15, -0.1) is 11.8 Å². The zero-order valence-electron chi connectivity index (χ0n) is 11.3. The van der Waals surface area contributed by atoms with Crippen molar-refractivity contribution in [2.45, 2.75) is 25.8 Å². The monoisotopic (exact) mass is 298 g/mol. The molecular weight excluding hydrogens is 280 g/mol. The van der Waals surface area contributed by atoms with Crippen molar-refractivity contribution in [3.8, 4) is 0 Å². The first kappa shape index (κ1) is 14.7. The number of hydrogen-bond acceptors (Lipinski definition) is 4. The Morgan fingerprint density at radius 3 is 3.10 bits per heavy atom. The summed E-state index contributed by atoms with van der Waals surface area (Å²) in [6.45, 7) is 2.48. The minimum Gasteiger partial charge on any atom is -0.480 e. The second kappa shape index (κ2) is 6.65. The maximum absolute atomic E-state index is 11.9. The summed E-state index contributed by atoms with van der Waals surface area (Å²) in [7, 11) is 0. The number of hydrogen-bond donors (Lipinski definition) is 3. The van der Waals surface area contributed by atoms with Crippen molar-refractivity contribution in [3.63, 3.8) is 0 Å². The molecule has 0 saturated carbocycles. The van der Waals surface area contributed by atoms with Gasteiger partial charge in [-0.25, -0.2) is 9.59 Å². The average molecular weight is 298 g/mol. The van der Waals surface area contributed by atoms with Gasteiger partial charge < -0.3 is 15.3 Å². The lowest BCUT2D eigenvalue weighted by atomic mass is 10.1. The quantitative estimate of drug-likeness (QED) is 0.699. The normalized spacial score (nSPS) is 18.2. The van der Waals surface area contributed by atoms with E-state index in [1.807, 2.05) is 6.92 Å². The lowest BCUT2D eigenvalue weighted by molar-refractivity contribution is -0.140. The average Bonchev–Trinajstić information content (AvgIpc) is 3.03. The topological polar surface area (TPSA) is 98.3 Å². The van der Waals surface area contributed by atoms with Gasteiger partial charge in [0.1, 0.15) is 6.04 Å². The Morgan fingerprint density at radius 2 is 2.45 bits per heavy atom. The van der Waals surface area contributed by atoms with Gasteiger partial charge in [0.15, 0.2) is 0 Å². The smallest absolute Gasteiger partial charge is 0.327 e. The Morgan fingerprint density at radius 1 is 1.65 bits per heavy atom. The van der Waals surface area contributed by atoms with E-state index in [4.69, 9.17) is 5.11 Å². The number of H-pyrrole nitrogens is 1. The van der Waals surface area contributed by atoms with Gasteiger partial charge in [0.05, 0.1) is 12.1 Å². The molecule has 1 aromatic rings. The number of nitrogens with one attached hydrogen (secondary N) is 2. The molecule has 0 bridgehead atoms. The summed E-state index contributed by atoms with van der Waals surface area (Å²) in [6.07, 6.45) is 3.42. The van der Waals surface area contributed by atoms with Crippen molar-refractivity contribution < 1.29 is 14.7 Å². The molecule has 1 atom stereocenters. The SMILES string of the molecule is Cc1[nH]ncc1CCCNC(=O)N1CSC[C@H]1C(=O)O. The van der Waals surface area contributed by atoms with E-state index in [-0.39, 0.29) is 6.03 Å². The predicted octanol–water partition coefficient (Wildman–Crippen LogP) is 0.820. The second-order valence-corrected chi connectivity index (χ2v) is 5.68. The number of carboxylic acid groups (broad SMARTS) is 1. The van der Waals surface area contributed by atoms with Gasteiger partial charge in [0, 0.05) is 18.0 Å². The molecule has 0 radical (unpaired) electrons. The lowest BCUT2D eigenvalue weighted by Crippen LogP contribution is -2.47. The highest BCUT2D eigenvalue weighted by Gasteiger charge is 2.34. The summed E-state index contributed by atoms with van der Waals surface area (Å²) in [6, 6.07) is -1.01. The van der Waals surface area contributed by atoms with Gasteiger partial charge in [-0.1, -0.05) is 0 Å². The van der Waals surface area contributed by atoms with Crippen LogP contribution < -0.4 is 5.32 Å². The Labute approximate surface area is 121 Å². The van der Waals surface area contributed by atoms with E-state index in [0.717, 1.165) is 24.1 Å². The van der Waals surface area contributed by atoms with Crippen LogP contribution >= 0.6 is 11.8 Å². The van der Waals surface area contributed by atoms with Crippen LogP contribution in [-0.4, -0.2) is 56.4 Å². The molecule has 7 nitrogen and oxygen atoms in total. The van der Waals surface area contributed by atoms with Crippen LogP contribution in [0.3, 0.4) is 0 Å². The van der Waals surface area contributed by atoms with E-state index in [1.165, 1.54) is 16.7 Å². The van der Waals surface area contributed by atoms with E-state index < -0.39 is 12.0 Å². The van der Waals surface area contributed by atoms with Crippen LogP contribution in [0.25, 0.3) is 0 Å². The third-order valence-electron chi connectivity index (χ3n) is 3.26. The molecule has 0 unspecified atom stereocenters. The summed E-state index contributed by atoms with van der Waals surface area (Å²) in [5.74, 6) is -0.0557. The molecule has 110 valence electrons. The number of aromatic nitrogens is 2. The van der Waals surface area contributed by atoms with Crippen molar-refractivity contribution in [1.29, 1.82) is 0 Å². The summed E-state index contributed by atoms with van der Waals surface area (Å²) >= 11 is 1.46. The maximum atomic E-state index is 11.9. The van der Waals surface area contributed by atoms with Crippen LogP contribution in [0.4, 0.5) is 4.79 Å². The molecular formula is C12H18N4O3S. The number of aromatic amines is 1. The third kappa shape index (κ3) is 3.44. The maximum Gasteiger partial charge on any atom is 0.327 e. The first-order chi connectivity index (χ1) is 9.59. The van der Waals surface area contributed by atoms with Crippen LogP contribution in [0.15, 0.2) is 6.20 Å². The molecule has 1 aliphatic heterocycles. The molecule has 3 N–H and O–H groups in total. The van der Waals surface area contributed by atoms with Crippen LogP contribution in [-0.2, 0) is 11.2 Å². The van der Waals surface area contributed by atoms with Gasteiger partial charge in [-0.2, -0.15) is 5.10 Å². The molecule has 1 aromatic heterocycles. The summed E-state index contributed by atoms with van der Waals surface area (Å²) in [5, 5.41) is 18.6. The van der Waals surface area contributed by atoms with E-state index in [0.29, 0.717) is 18.2 Å². The summed E-state index contributed by atoms with van der Waals surface area (Å²) < 4.78 is 0. The van der Waals surface area contributed by atoms with Crippen LogP contribution in [0.5, 0.6) is 0 Å². The first-order valence-electron chi connectivity index (χ1n) is 6.43. The first-order valence-corrected chi connectivity index (χ1v) is 7.59. The highest BCUT2D eigenvalue weighted by molar-refractivity contribution is 7.99. The Bertz CT molecular complexity index is 491. The molecule has 0 aromatic carbocycles. The molecule has 2 amide bonds. The van der Waals surface area contributed by atoms with Crippen molar-refractivity contribution in [2.24, 2.45) is 0 Å². The highest BCUT2D eigenvalue weighted by Crippen LogP contribution is 2.20. The molecule has 1 aliphatic rings. The van der Waals surface area contributed by atoms with E-state index >= 15 is 0 Å².